The molecule has 0 spiro atoms. The largest absolute Gasteiger partial charge is 0.372 e. The summed E-state index contributed by atoms with van der Waals surface area (Å²) >= 11 is 0. The predicted octanol–water partition coefficient (Wildman–Crippen LogP) is 19.9. The second-order valence-electron chi connectivity index (χ2n) is 20.9. The minimum Gasteiger partial charge on any atom is -0.372 e. The molecule has 84 heavy (non-hydrogen) atoms. The number of ether oxygens (including phenoxy) is 4. The molecule has 10 aromatic rings. The summed E-state index contributed by atoms with van der Waals surface area (Å²) in [4.78, 5) is 4.62. The SMILES string of the molecule is C=Cc1ccc(COCc2ccc(N(c3ccc(CCc4ccc(N(c5ccc(COCc6ccc(C=C)cc6)cc5)c5ccc(COCc6ccc(C=C)cc6)cc5)cc4)cc3)c3ccc(COCc4ccc(C=C)cc4)cc3)cc2)cc1. The zero-order chi connectivity index (χ0) is 57.7. The van der Waals surface area contributed by atoms with Crippen LogP contribution in [0.1, 0.15) is 77.9 Å². The lowest BCUT2D eigenvalue weighted by Gasteiger charge is -2.26. The van der Waals surface area contributed by atoms with Crippen molar-refractivity contribution in [1.29, 1.82) is 0 Å². The lowest BCUT2D eigenvalue weighted by molar-refractivity contribution is 0.107. The highest BCUT2D eigenvalue weighted by Crippen LogP contribution is 2.37. The van der Waals surface area contributed by atoms with E-state index in [1.54, 1.807) is 0 Å². The first-order valence-electron chi connectivity index (χ1n) is 28.7. The van der Waals surface area contributed by atoms with E-state index in [2.05, 4.69) is 279 Å². The first-order chi connectivity index (χ1) is 41.4. The Morgan fingerprint density at radius 1 is 0.202 bits per heavy atom. The van der Waals surface area contributed by atoms with E-state index in [0.29, 0.717) is 52.9 Å². The number of hydrogen-bond donors (Lipinski definition) is 0. The predicted molar refractivity (Wildman–Crippen MR) is 350 cm³/mol. The fraction of sp³-hybridized carbons (Fsp3) is 0.128. The maximum atomic E-state index is 6.14. The van der Waals surface area contributed by atoms with Crippen LogP contribution < -0.4 is 9.80 Å². The maximum Gasteiger partial charge on any atom is 0.0721 e. The molecule has 0 aliphatic carbocycles. The molecule has 0 fully saturated rings. The summed E-state index contributed by atoms with van der Waals surface area (Å²) in [5.74, 6) is 0. The van der Waals surface area contributed by atoms with Crippen molar-refractivity contribution >= 4 is 58.4 Å². The molecule has 0 aromatic heterocycles. The smallest absolute Gasteiger partial charge is 0.0721 e. The summed E-state index contributed by atoms with van der Waals surface area (Å²) in [7, 11) is 0. The first-order valence-corrected chi connectivity index (χ1v) is 28.7. The zero-order valence-corrected chi connectivity index (χ0v) is 47.8. The number of anilines is 6. The van der Waals surface area contributed by atoms with Crippen molar-refractivity contribution in [3.05, 3.63) is 347 Å². The average molecular weight is 1100 g/mol. The number of benzene rings is 10. The van der Waals surface area contributed by atoms with Gasteiger partial charge in [-0.25, -0.2) is 0 Å². The fourth-order valence-electron chi connectivity index (χ4n) is 9.92. The molecule has 0 radical (unpaired) electrons. The van der Waals surface area contributed by atoms with Crippen molar-refractivity contribution in [1.82, 2.24) is 0 Å². The van der Waals surface area contributed by atoms with E-state index < -0.39 is 0 Å². The van der Waals surface area contributed by atoms with Crippen molar-refractivity contribution in [3.63, 3.8) is 0 Å². The fourth-order valence-corrected chi connectivity index (χ4v) is 9.92. The highest BCUT2D eigenvalue weighted by atomic mass is 16.5. The van der Waals surface area contributed by atoms with Crippen molar-refractivity contribution in [2.24, 2.45) is 0 Å². The second-order valence-corrected chi connectivity index (χ2v) is 20.9. The van der Waals surface area contributed by atoms with Crippen LogP contribution >= 0.6 is 0 Å². The van der Waals surface area contributed by atoms with Gasteiger partial charge < -0.3 is 28.7 Å². The molecule has 0 aliphatic heterocycles. The van der Waals surface area contributed by atoms with E-state index >= 15 is 0 Å². The van der Waals surface area contributed by atoms with E-state index in [1.807, 2.05) is 24.3 Å². The molecule has 418 valence electrons. The molecule has 0 heterocycles. The Bertz CT molecular complexity index is 3220. The van der Waals surface area contributed by atoms with Crippen LogP contribution in [0.5, 0.6) is 0 Å². The van der Waals surface area contributed by atoms with Gasteiger partial charge in [0.25, 0.3) is 0 Å². The van der Waals surface area contributed by atoms with E-state index in [0.717, 1.165) is 114 Å². The minimum atomic E-state index is 0.517. The van der Waals surface area contributed by atoms with Gasteiger partial charge in [0.2, 0.25) is 0 Å². The summed E-state index contributed by atoms with van der Waals surface area (Å²) in [5, 5.41) is 0. The van der Waals surface area contributed by atoms with Gasteiger partial charge in [-0.3, -0.25) is 0 Å². The Morgan fingerprint density at radius 2 is 0.345 bits per heavy atom. The van der Waals surface area contributed by atoms with Gasteiger partial charge in [0.15, 0.2) is 0 Å². The lowest BCUT2D eigenvalue weighted by atomic mass is 10.0. The Hall–Kier alpha value is -9.40. The van der Waals surface area contributed by atoms with Gasteiger partial charge in [0.05, 0.1) is 52.9 Å². The van der Waals surface area contributed by atoms with Crippen molar-refractivity contribution in [2.45, 2.75) is 65.7 Å². The van der Waals surface area contributed by atoms with Crippen molar-refractivity contribution < 1.29 is 18.9 Å². The van der Waals surface area contributed by atoms with Crippen molar-refractivity contribution in [2.75, 3.05) is 9.80 Å². The summed E-state index contributed by atoms with van der Waals surface area (Å²) in [5.41, 5.74) is 22.3. The monoisotopic (exact) mass is 1100 g/mol. The second kappa shape index (κ2) is 29.5. The molecule has 0 aliphatic rings. The molecule has 0 unspecified atom stereocenters. The summed E-state index contributed by atoms with van der Waals surface area (Å²) in [6.07, 6.45) is 9.21. The van der Waals surface area contributed by atoms with Gasteiger partial charge >= 0.3 is 0 Å². The van der Waals surface area contributed by atoms with Crippen LogP contribution in [0.3, 0.4) is 0 Å². The van der Waals surface area contributed by atoms with E-state index in [-0.39, 0.29) is 0 Å². The van der Waals surface area contributed by atoms with Crippen LogP contribution in [0.2, 0.25) is 0 Å². The molecule has 0 saturated carbocycles. The van der Waals surface area contributed by atoms with E-state index in [4.69, 9.17) is 18.9 Å². The normalized spacial score (nSPS) is 11.0. The van der Waals surface area contributed by atoms with Crippen molar-refractivity contribution in [3.8, 4) is 0 Å². The molecule has 6 nitrogen and oxygen atoms in total. The first kappa shape index (κ1) is 57.8. The summed E-state index contributed by atoms with van der Waals surface area (Å²) in [6, 6.07) is 85.9. The van der Waals surface area contributed by atoms with Gasteiger partial charge in [-0.2, -0.15) is 0 Å². The Morgan fingerprint density at radius 3 is 0.500 bits per heavy atom. The molecular formula is C78H72N2O4. The number of nitrogens with zero attached hydrogens (tertiary/aromatic N) is 2. The Balaban J connectivity index is 0.812. The van der Waals surface area contributed by atoms with Crippen LogP contribution in [0.4, 0.5) is 34.1 Å². The lowest BCUT2D eigenvalue weighted by Crippen LogP contribution is -2.10. The Labute approximate surface area is 497 Å². The molecule has 10 aromatic carbocycles. The Kier molecular flexibility index (Phi) is 20.3. The average Bonchev–Trinajstić information content (AvgIpc) is 3.68. The quantitative estimate of drug-likeness (QED) is 0.0466. The number of rotatable bonds is 29. The van der Waals surface area contributed by atoms with Crippen LogP contribution in [-0.4, -0.2) is 0 Å². The standard InChI is InChI=1S/C78H72N2O4/c1-5-59-9-19-65(20-10-59)51-81-55-69-31-43-75(44-32-69)79(76-45-33-70(34-46-76)56-82-52-66-21-11-60(6-2)12-22-66)73-39-27-63(28-40-73)17-18-64-29-41-74(42-30-64)80(77-47-35-71(36-48-77)57-83-53-67-23-13-61(7-3)14-24-67)78-49-37-72(38-50-78)58-84-54-68-25-15-62(8-4)16-26-68/h5-16,19-50H,1-4,17-18,51-58H2. The molecule has 6 heteroatoms. The van der Waals surface area contributed by atoms with E-state index in [9.17, 15) is 0 Å². The van der Waals surface area contributed by atoms with Gasteiger partial charge in [0.1, 0.15) is 0 Å². The third kappa shape index (κ3) is 16.2. The molecule has 0 amide bonds. The van der Waals surface area contributed by atoms with Crippen LogP contribution in [0.15, 0.2) is 269 Å². The van der Waals surface area contributed by atoms with Gasteiger partial charge in [-0.05, 0) is 164 Å². The van der Waals surface area contributed by atoms with E-state index in [1.165, 1.54) is 11.1 Å². The number of aryl methyl sites for hydroxylation is 2. The highest BCUT2D eigenvalue weighted by Gasteiger charge is 2.16. The van der Waals surface area contributed by atoms with Crippen LogP contribution in [-0.2, 0) is 84.6 Å². The molecule has 0 saturated heterocycles. The van der Waals surface area contributed by atoms with Gasteiger partial charge in [-0.1, -0.05) is 220 Å². The zero-order valence-electron chi connectivity index (χ0n) is 47.8. The highest BCUT2D eigenvalue weighted by molar-refractivity contribution is 5.78. The minimum absolute atomic E-state index is 0.517. The molecule has 10 rings (SSSR count). The molecule has 0 atom stereocenters. The molecule has 0 bridgehead atoms. The number of hydrogen-bond acceptors (Lipinski definition) is 6. The summed E-state index contributed by atoms with van der Waals surface area (Å²) < 4.78 is 24.6. The molecule has 0 N–H and O–H groups in total. The van der Waals surface area contributed by atoms with Gasteiger partial charge in [0, 0.05) is 34.1 Å². The maximum absolute atomic E-state index is 6.14. The third-order valence-corrected chi connectivity index (χ3v) is 14.9. The topological polar surface area (TPSA) is 43.4 Å². The van der Waals surface area contributed by atoms with Crippen LogP contribution in [0, 0.1) is 0 Å². The van der Waals surface area contributed by atoms with Crippen LogP contribution in [0.25, 0.3) is 24.3 Å². The third-order valence-electron chi connectivity index (χ3n) is 14.9. The van der Waals surface area contributed by atoms with Gasteiger partial charge in [-0.15, -0.1) is 0 Å². The summed E-state index contributed by atoms with van der Waals surface area (Å²) in [6.45, 7) is 19.7. The molecular weight excluding hydrogens is 1030 g/mol.